The van der Waals surface area contributed by atoms with E-state index in [-0.39, 0.29) is 12.6 Å². The van der Waals surface area contributed by atoms with E-state index in [0.29, 0.717) is 6.54 Å². The summed E-state index contributed by atoms with van der Waals surface area (Å²) in [6, 6.07) is 16.5. The Hall–Kier alpha value is -3.08. The molecule has 0 aromatic heterocycles. The lowest BCUT2D eigenvalue weighted by molar-refractivity contribution is -0.148. The van der Waals surface area contributed by atoms with Crippen LogP contribution in [-0.2, 0) is 21.6 Å². The molecule has 2 amide bonds. The summed E-state index contributed by atoms with van der Waals surface area (Å²) in [4.78, 5) is 27.2. The van der Waals surface area contributed by atoms with Crippen LogP contribution in [0.15, 0.2) is 61.2 Å². The second kappa shape index (κ2) is 10.1. The highest BCUT2D eigenvalue weighted by molar-refractivity contribution is 5.84. The predicted octanol–water partition coefficient (Wildman–Crippen LogP) is 5.12. The van der Waals surface area contributed by atoms with Crippen molar-refractivity contribution in [2.45, 2.75) is 52.7 Å². The number of rotatable bonds is 8. The fourth-order valence-corrected chi connectivity index (χ4v) is 3.14. The minimum Gasteiger partial charge on any atom is -0.464 e. The molecular weight excluding hydrogens is 376 g/mol. The first kappa shape index (κ1) is 23.2. The monoisotopic (exact) mass is 408 g/mol. The van der Waals surface area contributed by atoms with Gasteiger partial charge in [-0.2, -0.15) is 0 Å². The summed E-state index contributed by atoms with van der Waals surface area (Å²) in [5.74, 6) is -0.425. The average molecular weight is 409 g/mol. The molecule has 30 heavy (non-hydrogen) atoms. The molecule has 0 fully saturated rings. The van der Waals surface area contributed by atoms with Crippen LogP contribution in [-0.4, -0.2) is 29.5 Å². The molecule has 2 aromatic carbocycles. The predicted molar refractivity (Wildman–Crippen MR) is 121 cm³/mol. The molecule has 0 heterocycles. The van der Waals surface area contributed by atoms with Crippen LogP contribution in [0, 0.1) is 0 Å². The molecule has 5 heteroatoms. The number of carbonyl (C=O) groups excluding carboxylic acids is 2. The van der Waals surface area contributed by atoms with Crippen LogP contribution in [0.4, 0.5) is 4.79 Å². The van der Waals surface area contributed by atoms with E-state index in [1.807, 2.05) is 75.4 Å². The number of nitrogens with zero attached hydrogens (tertiary/aromatic N) is 1. The van der Waals surface area contributed by atoms with E-state index in [0.717, 1.165) is 22.3 Å². The van der Waals surface area contributed by atoms with E-state index in [9.17, 15) is 9.59 Å². The summed E-state index contributed by atoms with van der Waals surface area (Å²) in [7, 11) is 0. The Morgan fingerprint density at radius 1 is 1.13 bits per heavy atom. The molecule has 5 nitrogen and oxygen atoms in total. The Kier molecular flexibility index (Phi) is 7.81. The van der Waals surface area contributed by atoms with Gasteiger partial charge in [-0.3, -0.25) is 0 Å². The van der Waals surface area contributed by atoms with Crippen LogP contribution < -0.4 is 5.32 Å². The van der Waals surface area contributed by atoms with E-state index in [1.54, 1.807) is 13.8 Å². The van der Waals surface area contributed by atoms with Crippen LogP contribution in [0.25, 0.3) is 5.57 Å². The number of urea groups is 1. The van der Waals surface area contributed by atoms with Crippen LogP contribution in [0.3, 0.4) is 0 Å². The number of benzene rings is 2. The maximum Gasteiger partial charge on any atom is 0.328 e. The van der Waals surface area contributed by atoms with E-state index >= 15 is 0 Å². The summed E-state index contributed by atoms with van der Waals surface area (Å²) < 4.78 is 5.16. The van der Waals surface area contributed by atoms with Gasteiger partial charge in [0.05, 0.1) is 12.1 Å². The molecular formula is C25H32N2O3. The quantitative estimate of drug-likeness (QED) is 0.617. The summed E-state index contributed by atoms with van der Waals surface area (Å²) >= 11 is 0. The zero-order valence-electron chi connectivity index (χ0n) is 18.6. The third kappa shape index (κ3) is 5.96. The Morgan fingerprint density at radius 3 is 2.40 bits per heavy atom. The van der Waals surface area contributed by atoms with Gasteiger partial charge in [-0.05, 0) is 57.4 Å². The van der Waals surface area contributed by atoms with E-state index < -0.39 is 17.6 Å². The maximum atomic E-state index is 13.3. The molecule has 0 radical (unpaired) electrons. The van der Waals surface area contributed by atoms with Crippen LogP contribution >= 0.6 is 0 Å². The zero-order valence-corrected chi connectivity index (χ0v) is 18.6. The van der Waals surface area contributed by atoms with Gasteiger partial charge in [0.25, 0.3) is 0 Å². The van der Waals surface area contributed by atoms with E-state index in [4.69, 9.17) is 4.74 Å². The van der Waals surface area contributed by atoms with Crippen molar-refractivity contribution < 1.29 is 14.3 Å². The van der Waals surface area contributed by atoms with Gasteiger partial charge in [-0.1, -0.05) is 60.7 Å². The molecule has 0 bridgehead atoms. The fraction of sp³-hybridized carbons (Fsp3) is 0.360. The highest BCUT2D eigenvalue weighted by Gasteiger charge is 2.31. The van der Waals surface area contributed by atoms with Gasteiger partial charge in [0, 0.05) is 6.54 Å². The molecule has 0 aliphatic heterocycles. The number of allylic oxidation sites excluding steroid dienone is 1. The minimum atomic E-state index is -0.720. The molecule has 0 aliphatic carbocycles. The van der Waals surface area contributed by atoms with Gasteiger partial charge in [-0.15, -0.1) is 0 Å². The first-order valence-corrected chi connectivity index (χ1v) is 10.2. The first-order valence-electron chi connectivity index (χ1n) is 10.2. The number of ether oxygens (including phenoxy) is 1. The fourth-order valence-electron chi connectivity index (χ4n) is 3.14. The average Bonchev–Trinajstić information content (AvgIpc) is 2.72. The van der Waals surface area contributed by atoms with Gasteiger partial charge in [-0.25, -0.2) is 9.59 Å². The molecule has 1 N–H and O–H groups in total. The molecule has 160 valence electrons. The summed E-state index contributed by atoms with van der Waals surface area (Å²) in [5.41, 5.74) is 3.23. The molecule has 0 saturated carbocycles. The van der Waals surface area contributed by atoms with Gasteiger partial charge in [0.1, 0.15) is 6.04 Å². The van der Waals surface area contributed by atoms with Crippen molar-refractivity contribution in [2.75, 3.05) is 6.61 Å². The Labute approximate surface area is 179 Å². The van der Waals surface area contributed by atoms with Gasteiger partial charge >= 0.3 is 12.0 Å². The standard InChI is InChI=1S/C25H32N2O3/c1-7-30-23(28)19(4)27(17-20-12-9-8-10-13-20)24(29)26-25(5,6)22-15-11-14-21(16-22)18(2)3/h8-16,19H,2,7,17H2,1,3-6H3,(H,26,29). The minimum absolute atomic E-state index is 0.267. The smallest absolute Gasteiger partial charge is 0.328 e. The number of esters is 1. The summed E-state index contributed by atoms with van der Waals surface area (Å²) in [6.45, 7) is 13.8. The van der Waals surface area contributed by atoms with Crippen LogP contribution in [0.5, 0.6) is 0 Å². The number of nitrogens with one attached hydrogen (secondary N) is 1. The van der Waals surface area contributed by atoms with E-state index in [1.165, 1.54) is 4.90 Å². The highest BCUT2D eigenvalue weighted by atomic mass is 16.5. The van der Waals surface area contributed by atoms with Gasteiger partial charge in [0.2, 0.25) is 0 Å². The van der Waals surface area contributed by atoms with Crippen molar-refractivity contribution in [3.63, 3.8) is 0 Å². The van der Waals surface area contributed by atoms with Crippen molar-refractivity contribution in [2.24, 2.45) is 0 Å². The number of carbonyl (C=O) groups is 2. The Balaban J connectivity index is 2.28. The summed E-state index contributed by atoms with van der Waals surface area (Å²) in [6.07, 6.45) is 0. The second-order valence-corrected chi connectivity index (χ2v) is 7.96. The van der Waals surface area contributed by atoms with Crippen molar-refractivity contribution in [1.29, 1.82) is 0 Å². The third-order valence-electron chi connectivity index (χ3n) is 5.05. The van der Waals surface area contributed by atoms with Gasteiger partial charge in [0.15, 0.2) is 0 Å². The summed E-state index contributed by atoms with van der Waals surface area (Å²) in [5, 5.41) is 3.09. The molecule has 2 aromatic rings. The lowest BCUT2D eigenvalue weighted by Crippen LogP contribution is -2.53. The highest BCUT2D eigenvalue weighted by Crippen LogP contribution is 2.24. The molecule has 0 spiro atoms. The SMILES string of the molecule is C=C(C)c1cccc(C(C)(C)NC(=O)N(Cc2ccccc2)C(C)C(=O)OCC)c1. The van der Waals surface area contributed by atoms with Gasteiger partial charge < -0.3 is 15.0 Å². The molecule has 1 atom stereocenters. The number of hydrogen-bond donors (Lipinski definition) is 1. The number of hydrogen-bond acceptors (Lipinski definition) is 3. The normalized spacial score (nSPS) is 12.0. The van der Waals surface area contributed by atoms with Crippen molar-refractivity contribution in [3.8, 4) is 0 Å². The Morgan fingerprint density at radius 2 is 1.80 bits per heavy atom. The lowest BCUT2D eigenvalue weighted by Gasteiger charge is -2.34. The molecule has 0 saturated heterocycles. The van der Waals surface area contributed by atoms with Crippen molar-refractivity contribution in [1.82, 2.24) is 10.2 Å². The Bertz CT molecular complexity index is 890. The van der Waals surface area contributed by atoms with Crippen molar-refractivity contribution in [3.05, 3.63) is 77.9 Å². The molecule has 0 aliphatic rings. The lowest BCUT2D eigenvalue weighted by atomic mass is 9.91. The first-order chi connectivity index (χ1) is 14.2. The zero-order chi connectivity index (χ0) is 22.3. The second-order valence-electron chi connectivity index (χ2n) is 7.96. The third-order valence-corrected chi connectivity index (χ3v) is 5.05. The topological polar surface area (TPSA) is 58.6 Å². The van der Waals surface area contributed by atoms with Crippen LogP contribution in [0.2, 0.25) is 0 Å². The molecule has 1 unspecified atom stereocenters. The van der Waals surface area contributed by atoms with Crippen LogP contribution in [0.1, 0.15) is 51.3 Å². The number of amides is 2. The largest absolute Gasteiger partial charge is 0.464 e. The van der Waals surface area contributed by atoms with Crippen molar-refractivity contribution >= 4 is 17.6 Å². The molecule has 2 rings (SSSR count). The van der Waals surface area contributed by atoms with E-state index in [2.05, 4.69) is 11.9 Å². The maximum absolute atomic E-state index is 13.3.